The normalized spacial score (nSPS) is 16.5. The van der Waals surface area contributed by atoms with Crippen LogP contribution >= 0.6 is 11.6 Å². The van der Waals surface area contributed by atoms with E-state index in [9.17, 15) is 18.0 Å². The highest BCUT2D eigenvalue weighted by Gasteiger charge is 2.31. The molecule has 0 bridgehead atoms. The molecule has 2 aromatic carbocycles. The average molecular weight is 424 g/mol. The molecule has 0 saturated heterocycles. The number of hydrogen-bond acceptors (Lipinski definition) is 5. The van der Waals surface area contributed by atoms with Gasteiger partial charge in [-0.2, -0.15) is 0 Å². The summed E-state index contributed by atoms with van der Waals surface area (Å²) in [5.41, 5.74) is 6.01. The molecule has 0 unspecified atom stereocenters. The molecule has 0 spiro atoms. The number of amides is 2. The van der Waals surface area contributed by atoms with Gasteiger partial charge in [-0.1, -0.05) is 23.7 Å². The first-order valence-corrected chi connectivity index (χ1v) is 10.5. The Bertz CT molecular complexity index is 1040. The van der Waals surface area contributed by atoms with Gasteiger partial charge >= 0.3 is 0 Å². The predicted molar refractivity (Wildman–Crippen MR) is 106 cm³/mol. The van der Waals surface area contributed by atoms with Crippen molar-refractivity contribution in [3.05, 3.63) is 53.1 Å². The number of anilines is 2. The SMILES string of the molecule is CS(=O)(=O)N1CC[C@@H](C(=O)Nc2ccccc2C(N)=O)Oc2ccc(Cl)cc21. The molecule has 8 nitrogen and oxygen atoms in total. The second kappa shape index (κ2) is 7.69. The van der Waals surface area contributed by atoms with Gasteiger partial charge < -0.3 is 15.8 Å². The molecule has 148 valence electrons. The molecule has 0 saturated carbocycles. The lowest BCUT2D eigenvalue weighted by atomic mass is 10.1. The number of hydrogen-bond donors (Lipinski definition) is 2. The zero-order chi connectivity index (χ0) is 20.5. The molecule has 0 aromatic heterocycles. The third kappa shape index (κ3) is 4.20. The molecular weight excluding hydrogens is 406 g/mol. The molecule has 0 fully saturated rings. The Morgan fingerprint density at radius 1 is 1.25 bits per heavy atom. The summed E-state index contributed by atoms with van der Waals surface area (Å²) < 4.78 is 31.3. The van der Waals surface area contributed by atoms with E-state index in [2.05, 4.69) is 5.32 Å². The fraction of sp³-hybridized carbons (Fsp3) is 0.222. The molecule has 1 aliphatic rings. The fourth-order valence-corrected chi connectivity index (χ4v) is 4.00. The Morgan fingerprint density at radius 3 is 2.64 bits per heavy atom. The summed E-state index contributed by atoms with van der Waals surface area (Å²) in [6.45, 7) is 0.0295. The first-order chi connectivity index (χ1) is 13.2. The number of fused-ring (bicyclic) bond motifs is 1. The summed E-state index contributed by atoms with van der Waals surface area (Å²) in [6.07, 6.45) is 0.193. The molecule has 1 atom stereocenters. The number of sulfonamides is 1. The second-order valence-corrected chi connectivity index (χ2v) is 8.58. The number of para-hydroxylation sites is 1. The minimum atomic E-state index is -3.60. The first-order valence-electron chi connectivity index (χ1n) is 8.30. The number of nitrogens with one attached hydrogen (secondary N) is 1. The van der Waals surface area contributed by atoms with Crippen LogP contribution in [0.3, 0.4) is 0 Å². The zero-order valence-electron chi connectivity index (χ0n) is 14.9. The van der Waals surface area contributed by atoms with Crippen LogP contribution in [0, 0.1) is 0 Å². The Hall–Kier alpha value is -2.78. The lowest BCUT2D eigenvalue weighted by Crippen LogP contribution is -2.36. The Balaban J connectivity index is 1.90. The highest BCUT2D eigenvalue weighted by molar-refractivity contribution is 7.92. The summed E-state index contributed by atoms with van der Waals surface area (Å²) in [6, 6.07) is 10.9. The van der Waals surface area contributed by atoms with Gasteiger partial charge in [0.05, 0.1) is 23.2 Å². The van der Waals surface area contributed by atoms with Crippen LogP contribution in [0.2, 0.25) is 5.02 Å². The number of primary amides is 1. The van der Waals surface area contributed by atoms with Crippen molar-refractivity contribution < 1.29 is 22.7 Å². The van der Waals surface area contributed by atoms with Crippen LogP contribution < -0.4 is 20.1 Å². The van der Waals surface area contributed by atoms with E-state index >= 15 is 0 Å². The van der Waals surface area contributed by atoms with Crippen molar-refractivity contribution in [2.45, 2.75) is 12.5 Å². The summed E-state index contributed by atoms with van der Waals surface area (Å²) in [5.74, 6) is -0.985. The minimum Gasteiger partial charge on any atom is -0.478 e. The fourth-order valence-electron chi connectivity index (χ4n) is 2.90. The van der Waals surface area contributed by atoms with Crippen molar-refractivity contribution in [2.24, 2.45) is 5.73 Å². The van der Waals surface area contributed by atoms with E-state index in [1.54, 1.807) is 24.3 Å². The molecule has 3 N–H and O–H groups in total. The monoisotopic (exact) mass is 423 g/mol. The predicted octanol–water partition coefficient (Wildman–Crippen LogP) is 1.99. The Labute approximate surface area is 167 Å². The van der Waals surface area contributed by atoms with Crippen molar-refractivity contribution >= 4 is 44.8 Å². The minimum absolute atomic E-state index is 0.0295. The summed E-state index contributed by atoms with van der Waals surface area (Å²) in [4.78, 5) is 24.3. The van der Waals surface area contributed by atoms with E-state index in [1.165, 1.54) is 18.2 Å². The van der Waals surface area contributed by atoms with Gasteiger partial charge in [-0.15, -0.1) is 0 Å². The van der Waals surface area contributed by atoms with Crippen molar-refractivity contribution in [3.8, 4) is 5.75 Å². The number of carbonyl (C=O) groups is 2. The molecule has 2 amide bonds. The van der Waals surface area contributed by atoms with Gasteiger partial charge in [0.25, 0.3) is 11.8 Å². The summed E-state index contributed by atoms with van der Waals surface area (Å²) >= 11 is 6.00. The van der Waals surface area contributed by atoms with E-state index in [1.807, 2.05) is 0 Å². The number of rotatable bonds is 4. The van der Waals surface area contributed by atoms with Gasteiger partial charge in [0, 0.05) is 18.0 Å². The van der Waals surface area contributed by atoms with Crippen LogP contribution in [0.15, 0.2) is 42.5 Å². The largest absolute Gasteiger partial charge is 0.478 e. The van der Waals surface area contributed by atoms with Crippen LogP contribution in [0.25, 0.3) is 0 Å². The molecule has 28 heavy (non-hydrogen) atoms. The third-order valence-electron chi connectivity index (χ3n) is 4.20. The van der Waals surface area contributed by atoms with E-state index in [0.717, 1.165) is 10.6 Å². The molecule has 3 rings (SSSR count). The molecule has 10 heteroatoms. The number of halogens is 1. The molecular formula is C18H18ClN3O5S. The first kappa shape index (κ1) is 20.0. The van der Waals surface area contributed by atoms with Gasteiger partial charge in [-0.05, 0) is 30.3 Å². The zero-order valence-corrected chi connectivity index (χ0v) is 16.5. The second-order valence-electron chi connectivity index (χ2n) is 6.24. The quantitative estimate of drug-likeness (QED) is 0.779. The summed E-state index contributed by atoms with van der Waals surface area (Å²) in [7, 11) is -3.60. The number of carbonyl (C=O) groups excluding carboxylic acids is 2. The third-order valence-corrected chi connectivity index (χ3v) is 5.61. The van der Waals surface area contributed by atoms with Gasteiger partial charge in [0.15, 0.2) is 6.10 Å². The molecule has 1 heterocycles. The van der Waals surface area contributed by atoms with Crippen LogP contribution in [0.1, 0.15) is 16.8 Å². The maximum atomic E-state index is 12.7. The van der Waals surface area contributed by atoms with Crippen LogP contribution in [0.5, 0.6) is 5.75 Å². The number of nitrogens with two attached hydrogens (primary N) is 1. The Morgan fingerprint density at radius 2 is 1.96 bits per heavy atom. The van der Waals surface area contributed by atoms with E-state index in [0.29, 0.717) is 5.02 Å². The van der Waals surface area contributed by atoms with Crippen LogP contribution in [0.4, 0.5) is 11.4 Å². The van der Waals surface area contributed by atoms with Crippen LogP contribution in [-0.2, 0) is 14.8 Å². The number of nitrogens with zero attached hydrogens (tertiary/aromatic N) is 1. The van der Waals surface area contributed by atoms with Gasteiger partial charge in [-0.3, -0.25) is 13.9 Å². The van der Waals surface area contributed by atoms with E-state index in [4.69, 9.17) is 22.1 Å². The average Bonchev–Trinajstić information content (AvgIpc) is 2.81. The highest BCUT2D eigenvalue weighted by Crippen LogP contribution is 2.36. The van der Waals surface area contributed by atoms with Crippen molar-refractivity contribution in [3.63, 3.8) is 0 Å². The van der Waals surface area contributed by atoms with Crippen molar-refractivity contribution in [2.75, 3.05) is 22.4 Å². The lowest BCUT2D eigenvalue weighted by Gasteiger charge is -2.21. The summed E-state index contributed by atoms with van der Waals surface area (Å²) in [5, 5.41) is 2.97. The maximum absolute atomic E-state index is 12.7. The number of benzene rings is 2. The number of ether oxygens (including phenoxy) is 1. The lowest BCUT2D eigenvalue weighted by molar-refractivity contribution is -0.122. The van der Waals surface area contributed by atoms with Gasteiger partial charge in [0.1, 0.15) is 5.75 Å². The van der Waals surface area contributed by atoms with Crippen molar-refractivity contribution in [1.82, 2.24) is 0 Å². The molecule has 0 aliphatic carbocycles. The highest BCUT2D eigenvalue weighted by atomic mass is 35.5. The van der Waals surface area contributed by atoms with Crippen LogP contribution in [-0.4, -0.2) is 39.1 Å². The molecule has 1 aliphatic heterocycles. The van der Waals surface area contributed by atoms with Gasteiger partial charge in [0.2, 0.25) is 10.0 Å². The topological polar surface area (TPSA) is 119 Å². The Kier molecular flexibility index (Phi) is 5.48. The standard InChI is InChI=1S/C18H18ClN3O5S/c1-28(25,26)22-9-8-16(27-15-7-6-11(19)10-14(15)22)18(24)21-13-5-3-2-4-12(13)17(20)23/h2-7,10,16H,8-9H2,1H3,(H2,20,23)(H,21,24)/t16-/m0/s1. The molecule has 0 radical (unpaired) electrons. The van der Waals surface area contributed by atoms with Gasteiger partial charge in [-0.25, -0.2) is 8.42 Å². The maximum Gasteiger partial charge on any atom is 0.265 e. The van der Waals surface area contributed by atoms with E-state index in [-0.39, 0.29) is 35.7 Å². The van der Waals surface area contributed by atoms with E-state index < -0.39 is 27.9 Å². The smallest absolute Gasteiger partial charge is 0.265 e. The molecule has 2 aromatic rings. The van der Waals surface area contributed by atoms with Crippen molar-refractivity contribution in [1.29, 1.82) is 0 Å².